The van der Waals surface area contributed by atoms with Crippen LogP contribution in [0, 0.1) is 20.8 Å². The number of aryl methyl sites for hydroxylation is 3. The molecular formula is C26H25NOS4. The van der Waals surface area contributed by atoms with Gasteiger partial charge in [0.15, 0.2) is 5.90 Å². The molecule has 0 saturated carbocycles. The Morgan fingerprint density at radius 3 is 2.16 bits per heavy atom. The van der Waals surface area contributed by atoms with E-state index in [0.717, 1.165) is 17.3 Å². The summed E-state index contributed by atoms with van der Waals surface area (Å²) < 4.78 is 9.23. The van der Waals surface area contributed by atoms with E-state index in [9.17, 15) is 0 Å². The van der Waals surface area contributed by atoms with Gasteiger partial charge in [-0.25, -0.2) is 4.99 Å². The molecule has 4 rings (SSSR count). The van der Waals surface area contributed by atoms with Gasteiger partial charge < -0.3 is 4.74 Å². The molecule has 0 aliphatic rings. The second kappa shape index (κ2) is 11.2. The maximum Gasteiger partial charge on any atom is 0.197 e. The van der Waals surface area contributed by atoms with Gasteiger partial charge in [0, 0.05) is 6.42 Å². The Bertz CT molecular complexity index is 1130. The number of hydrogen-bond acceptors (Lipinski definition) is 6. The Morgan fingerprint density at radius 2 is 1.56 bits per heavy atom. The van der Waals surface area contributed by atoms with Crippen molar-refractivity contribution in [2.75, 3.05) is 0 Å². The maximum atomic E-state index is 6.37. The molecule has 0 N–H and O–H groups in total. The van der Waals surface area contributed by atoms with Crippen LogP contribution in [-0.2, 0) is 0 Å². The van der Waals surface area contributed by atoms with E-state index in [1.54, 1.807) is 22.7 Å². The lowest BCUT2D eigenvalue weighted by molar-refractivity contribution is 0.535. The molecule has 0 saturated heterocycles. The quantitative estimate of drug-likeness (QED) is 0.105. The third kappa shape index (κ3) is 6.75. The molecule has 0 bridgehead atoms. The minimum atomic E-state index is 0.252. The standard InChI is InChI=1S/C26H25NOS4/c1-18-7-4-8-22(15-18)28-23(27-21-12-11-19(2)20(3)16-21)17-26(31-24-9-5-13-29-24)32-25-10-6-14-30-25/h4-16,26H,17H2,1-3H3. The van der Waals surface area contributed by atoms with E-state index in [2.05, 4.69) is 86.1 Å². The SMILES string of the molecule is Cc1cccc(OC(CC(Sc2cccs2)Sc2cccs2)=Nc2ccc(C)c(C)c2)c1. The molecule has 2 aromatic heterocycles. The first-order chi connectivity index (χ1) is 15.5. The van der Waals surface area contributed by atoms with Crippen LogP contribution in [0.4, 0.5) is 5.69 Å². The lowest BCUT2D eigenvalue weighted by atomic mass is 10.1. The lowest BCUT2D eigenvalue weighted by Crippen LogP contribution is -2.14. The number of benzene rings is 2. The van der Waals surface area contributed by atoms with Gasteiger partial charge in [-0.2, -0.15) is 0 Å². The third-order valence-corrected chi connectivity index (χ3v) is 9.45. The van der Waals surface area contributed by atoms with Crippen molar-refractivity contribution in [3.8, 4) is 5.75 Å². The molecule has 0 amide bonds. The molecule has 2 aromatic carbocycles. The minimum absolute atomic E-state index is 0.252. The number of thioether (sulfide) groups is 2. The Morgan fingerprint density at radius 1 is 0.844 bits per heavy atom. The first-order valence-electron chi connectivity index (χ1n) is 10.3. The van der Waals surface area contributed by atoms with Crippen LogP contribution >= 0.6 is 46.2 Å². The summed E-state index contributed by atoms with van der Waals surface area (Å²) in [5.74, 6) is 1.56. The van der Waals surface area contributed by atoms with Crippen LogP contribution in [0.3, 0.4) is 0 Å². The second-order valence-corrected chi connectivity index (χ2v) is 12.6. The highest BCUT2D eigenvalue weighted by Gasteiger charge is 2.19. The molecule has 2 heterocycles. The fraction of sp³-hybridized carbons (Fsp3) is 0.192. The zero-order chi connectivity index (χ0) is 22.3. The molecule has 2 nitrogen and oxygen atoms in total. The first-order valence-corrected chi connectivity index (χ1v) is 13.9. The largest absolute Gasteiger partial charge is 0.443 e. The summed E-state index contributed by atoms with van der Waals surface area (Å²) in [6, 6.07) is 23.0. The van der Waals surface area contributed by atoms with Crippen molar-refractivity contribution in [3.05, 3.63) is 94.2 Å². The van der Waals surface area contributed by atoms with E-state index >= 15 is 0 Å². The Hall–Kier alpha value is -1.99. The molecule has 164 valence electrons. The second-order valence-electron chi connectivity index (χ2n) is 7.43. The van der Waals surface area contributed by atoms with Gasteiger partial charge >= 0.3 is 0 Å². The summed E-state index contributed by atoms with van der Waals surface area (Å²) in [6.07, 6.45) is 0.714. The van der Waals surface area contributed by atoms with E-state index < -0.39 is 0 Å². The summed E-state index contributed by atoms with van der Waals surface area (Å²) in [5, 5.41) is 4.26. The van der Waals surface area contributed by atoms with E-state index in [1.165, 1.54) is 25.1 Å². The van der Waals surface area contributed by atoms with Crippen molar-refractivity contribution in [2.24, 2.45) is 4.99 Å². The summed E-state index contributed by atoms with van der Waals surface area (Å²) in [5.41, 5.74) is 4.60. The van der Waals surface area contributed by atoms with Gasteiger partial charge in [0.25, 0.3) is 0 Å². The van der Waals surface area contributed by atoms with Crippen molar-refractivity contribution >= 4 is 57.8 Å². The van der Waals surface area contributed by atoms with Gasteiger partial charge in [-0.3, -0.25) is 0 Å². The highest BCUT2D eigenvalue weighted by molar-refractivity contribution is 8.18. The Labute approximate surface area is 206 Å². The summed E-state index contributed by atoms with van der Waals surface area (Å²) in [6.45, 7) is 6.32. The first kappa shape index (κ1) is 23.2. The number of rotatable bonds is 8. The predicted molar refractivity (Wildman–Crippen MR) is 144 cm³/mol. The molecule has 0 aliphatic heterocycles. The third-order valence-electron chi connectivity index (χ3n) is 4.80. The van der Waals surface area contributed by atoms with Crippen LogP contribution in [0.5, 0.6) is 5.75 Å². The van der Waals surface area contributed by atoms with E-state index in [0.29, 0.717) is 6.42 Å². The van der Waals surface area contributed by atoms with Gasteiger partial charge in [-0.05, 0) is 84.6 Å². The fourth-order valence-corrected chi connectivity index (χ4v) is 7.87. The number of nitrogens with zero attached hydrogens (tertiary/aromatic N) is 1. The normalized spacial score (nSPS) is 11.8. The molecule has 6 heteroatoms. The number of ether oxygens (including phenoxy) is 1. The Balaban J connectivity index is 1.63. The summed E-state index contributed by atoms with van der Waals surface area (Å²) >= 11 is 7.31. The van der Waals surface area contributed by atoms with Gasteiger partial charge in [-0.15, -0.1) is 46.2 Å². The lowest BCUT2D eigenvalue weighted by Gasteiger charge is -2.17. The zero-order valence-electron chi connectivity index (χ0n) is 18.3. The smallest absolute Gasteiger partial charge is 0.197 e. The Kier molecular flexibility index (Phi) is 8.14. The van der Waals surface area contributed by atoms with E-state index in [1.807, 2.05) is 35.7 Å². The van der Waals surface area contributed by atoms with Crippen LogP contribution < -0.4 is 4.74 Å². The molecular weight excluding hydrogens is 471 g/mol. The van der Waals surface area contributed by atoms with Crippen LogP contribution in [0.25, 0.3) is 0 Å². The van der Waals surface area contributed by atoms with Crippen molar-refractivity contribution in [3.63, 3.8) is 0 Å². The van der Waals surface area contributed by atoms with Crippen molar-refractivity contribution in [1.29, 1.82) is 0 Å². The molecule has 0 spiro atoms. The molecule has 0 radical (unpaired) electrons. The predicted octanol–water partition coefficient (Wildman–Crippen LogP) is 9.14. The van der Waals surface area contributed by atoms with Crippen molar-refractivity contribution in [1.82, 2.24) is 0 Å². The topological polar surface area (TPSA) is 21.6 Å². The van der Waals surface area contributed by atoms with Crippen LogP contribution in [0.15, 0.2) is 90.9 Å². The fourth-order valence-electron chi connectivity index (χ4n) is 3.03. The molecule has 4 aromatic rings. The van der Waals surface area contributed by atoms with Gasteiger partial charge in [0.05, 0.1) is 18.7 Å². The average Bonchev–Trinajstić information content (AvgIpc) is 3.45. The molecule has 0 fully saturated rings. The average molecular weight is 496 g/mol. The summed E-state index contributed by atoms with van der Waals surface area (Å²) in [4.78, 5) is 4.96. The number of thiophene rings is 2. The van der Waals surface area contributed by atoms with Gasteiger partial charge in [0.2, 0.25) is 0 Å². The molecule has 0 atom stereocenters. The van der Waals surface area contributed by atoms with Crippen molar-refractivity contribution in [2.45, 2.75) is 40.2 Å². The maximum absolute atomic E-state index is 6.37. The number of aliphatic imine (C=N–C) groups is 1. The molecule has 32 heavy (non-hydrogen) atoms. The van der Waals surface area contributed by atoms with Crippen LogP contribution in [-0.4, -0.2) is 10.5 Å². The highest BCUT2D eigenvalue weighted by Crippen LogP contribution is 2.41. The van der Waals surface area contributed by atoms with Crippen LogP contribution in [0.2, 0.25) is 0 Å². The molecule has 0 aliphatic carbocycles. The summed E-state index contributed by atoms with van der Waals surface area (Å²) in [7, 11) is 0. The zero-order valence-corrected chi connectivity index (χ0v) is 21.5. The van der Waals surface area contributed by atoms with Crippen LogP contribution in [0.1, 0.15) is 23.1 Å². The minimum Gasteiger partial charge on any atom is -0.443 e. The van der Waals surface area contributed by atoms with E-state index in [-0.39, 0.29) is 4.58 Å². The molecule has 0 unspecified atom stereocenters. The van der Waals surface area contributed by atoms with Gasteiger partial charge in [0.1, 0.15) is 5.75 Å². The van der Waals surface area contributed by atoms with Gasteiger partial charge in [-0.1, -0.05) is 30.3 Å². The monoisotopic (exact) mass is 495 g/mol. The highest BCUT2D eigenvalue weighted by atomic mass is 32.2. The number of hydrogen-bond donors (Lipinski definition) is 0. The van der Waals surface area contributed by atoms with E-state index in [4.69, 9.17) is 9.73 Å². The van der Waals surface area contributed by atoms with Crippen molar-refractivity contribution < 1.29 is 4.74 Å².